The number of benzene rings is 3. The SMILES string of the molecule is Cc1ccccc1CNC(=O)[C@H]1N(C(=O)[C@@H](O)[C@H](Cc2cccc(Cl)c2)NC(=O)c2cccc(O)c2C)CSC1(C)C. The third-order valence-corrected chi connectivity index (χ3v) is 9.25. The molecular formula is C32H36ClN3O5S. The summed E-state index contributed by atoms with van der Waals surface area (Å²) in [5, 5.41) is 27.8. The first-order chi connectivity index (χ1) is 19.9. The van der Waals surface area contributed by atoms with Crippen LogP contribution in [-0.2, 0) is 22.6 Å². The summed E-state index contributed by atoms with van der Waals surface area (Å²) in [4.78, 5) is 42.1. The maximum atomic E-state index is 13.9. The first kappa shape index (κ1) is 31.4. The first-order valence-corrected chi connectivity index (χ1v) is 15.0. The van der Waals surface area contributed by atoms with Gasteiger partial charge >= 0.3 is 0 Å². The Labute approximate surface area is 255 Å². The molecule has 0 unspecified atom stereocenters. The molecule has 0 radical (unpaired) electrons. The number of nitrogens with zero attached hydrogens (tertiary/aromatic N) is 1. The highest BCUT2D eigenvalue weighted by Gasteiger charge is 2.49. The maximum absolute atomic E-state index is 13.9. The highest BCUT2D eigenvalue weighted by atomic mass is 35.5. The average Bonchev–Trinajstić information content (AvgIpc) is 3.27. The minimum absolute atomic E-state index is 0.0402. The van der Waals surface area contributed by atoms with Crippen LogP contribution in [0.3, 0.4) is 0 Å². The molecular weight excluding hydrogens is 574 g/mol. The van der Waals surface area contributed by atoms with E-state index in [4.69, 9.17) is 11.6 Å². The maximum Gasteiger partial charge on any atom is 0.254 e. The molecule has 4 N–H and O–H groups in total. The predicted molar refractivity (Wildman–Crippen MR) is 165 cm³/mol. The molecule has 1 aliphatic rings. The molecule has 0 bridgehead atoms. The van der Waals surface area contributed by atoms with Crippen molar-refractivity contribution in [1.29, 1.82) is 0 Å². The number of carbonyl (C=O) groups excluding carboxylic acids is 3. The van der Waals surface area contributed by atoms with Gasteiger partial charge in [-0.05, 0) is 75.1 Å². The van der Waals surface area contributed by atoms with Crippen LogP contribution in [0.4, 0.5) is 0 Å². The van der Waals surface area contributed by atoms with Crippen LogP contribution in [0, 0.1) is 13.8 Å². The molecule has 3 amide bonds. The van der Waals surface area contributed by atoms with Crippen molar-refractivity contribution in [2.75, 3.05) is 5.88 Å². The summed E-state index contributed by atoms with van der Waals surface area (Å²) < 4.78 is -0.616. The van der Waals surface area contributed by atoms with E-state index in [0.29, 0.717) is 22.7 Å². The van der Waals surface area contributed by atoms with Gasteiger partial charge in [0, 0.05) is 27.4 Å². The van der Waals surface area contributed by atoms with E-state index >= 15 is 0 Å². The molecule has 1 aliphatic heterocycles. The predicted octanol–water partition coefficient (Wildman–Crippen LogP) is 4.36. The molecule has 222 valence electrons. The van der Waals surface area contributed by atoms with E-state index in [1.54, 1.807) is 43.3 Å². The van der Waals surface area contributed by atoms with E-state index in [1.807, 2.05) is 45.0 Å². The highest BCUT2D eigenvalue weighted by Crippen LogP contribution is 2.40. The number of nitrogens with one attached hydrogen (secondary N) is 2. The van der Waals surface area contributed by atoms with Gasteiger partial charge in [0.25, 0.3) is 11.8 Å². The molecule has 0 aromatic heterocycles. The minimum Gasteiger partial charge on any atom is -0.508 e. The second-order valence-corrected chi connectivity index (χ2v) is 13.1. The molecule has 1 heterocycles. The molecule has 1 saturated heterocycles. The lowest BCUT2D eigenvalue weighted by atomic mass is 9.96. The molecule has 3 atom stereocenters. The van der Waals surface area contributed by atoms with Crippen molar-refractivity contribution in [3.8, 4) is 5.75 Å². The van der Waals surface area contributed by atoms with Crippen LogP contribution < -0.4 is 10.6 Å². The number of halogens is 1. The fourth-order valence-electron chi connectivity index (χ4n) is 5.12. The summed E-state index contributed by atoms with van der Waals surface area (Å²) in [6.07, 6.45) is -1.56. The van der Waals surface area contributed by atoms with Gasteiger partial charge in [0.2, 0.25) is 5.91 Å². The van der Waals surface area contributed by atoms with Crippen LogP contribution in [0.2, 0.25) is 5.02 Å². The van der Waals surface area contributed by atoms with Crippen molar-refractivity contribution < 1.29 is 24.6 Å². The molecule has 4 rings (SSSR count). The fraction of sp³-hybridized carbons (Fsp3) is 0.344. The van der Waals surface area contributed by atoms with Crippen molar-refractivity contribution in [3.05, 3.63) is 99.6 Å². The number of phenolic OH excluding ortho intramolecular Hbond substituents is 1. The van der Waals surface area contributed by atoms with E-state index in [-0.39, 0.29) is 29.5 Å². The van der Waals surface area contributed by atoms with Crippen LogP contribution in [0.25, 0.3) is 0 Å². The van der Waals surface area contributed by atoms with Gasteiger partial charge in [0.15, 0.2) is 6.10 Å². The molecule has 0 saturated carbocycles. The van der Waals surface area contributed by atoms with Crippen molar-refractivity contribution in [3.63, 3.8) is 0 Å². The number of hydrogen-bond acceptors (Lipinski definition) is 6. The van der Waals surface area contributed by atoms with Crippen molar-refractivity contribution in [2.45, 2.75) is 63.6 Å². The lowest BCUT2D eigenvalue weighted by Gasteiger charge is -2.33. The van der Waals surface area contributed by atoms with E-state index in [2.05, 4.69) is 10.6 Å². The summed E-state index contributed by atoms with van der Waals surface area (Å²) in [5.74, 6) is -1.37. The monoisotopic (exact) mass is 609 g/mol. The van der Waals surface area contributed by atoms with Crippen LogP contribution in [0.1, 0.15) is 46.5 Å². The van der Waals surface area contributed by atoms with E-state index < -0.39 is 34.7 Å². The highest BCUT2D eigenvalue weighted by molar-refractivity contribution is 8.00. The van der Waals surface area contributed by atoms with Gasteiger partial charge in [-0.25, -0.2) is 0 Å². The van der Waals surface area contributed by atoms with Gasteiger partial charge in [0.1, 0.15) is 11.8 Å². The number of hydrogen-bond donors (Lipinski definition) is 4. The number of amides is 3. The number of rotatable bonds is 9. The average molecular weight is 610 g/mol. The Balaban J connectivity index is 1.58. The van der Waals surface area contributed by atoms with Gasteiger partial charge in [-0.15, -0.1) is 11.8 Å². The number of phenols is 1. The van der Waals surface area contributed by atoms with Crippen LogP contribution in [-0.4, -0.2) is 61.6 Å². The Kier molecular flexibility index (Phi) is 9.86. The number of aliphatic hydroxyl groups is 1. The number of aryl methyl sites for hydroxylation is 1. The topological polar surface area (TPSA) is 119 Å². The summed E-state index contributed by atoms with van der Waals surface area (Å²) in [5.41, 5.74) is 3.31. The number of aliphatic hydroxyl groups excluding tert-OH is 1. The number of carbonyl (C=O) groups is 3. The molecule has 0 aliphatic carbocycles. The third-order valence-electron chi connectivity index (χ3n) is 7.64. The zero-order chi connectivity index (χ0) is 30.6. The fourth-order valence-corrected chi connectivity index (χ4v) is 6.47. The van der Waals surface area contributed by atoms with Gasteiger partial charge in [-0.3, -0.25) is 14.4 Å². The Morgan fingerprint density at radius 1 is 1.07 bits per heavy atom. The van der Waals surface area contributed by atoms with Crippen LogP contribution >= 0.6 is 23.4 Å². The lowest BCUT2D eigenvalue weighted by Crippen LogP contribution is -2.58. The first-order valence-electron chi connectivity index (χ1n) is 13.7. The lowest BCUT2D eigenvalue weighted by molar-refractivity contribution is -0.147. The Bertz CT molecular complexity index is 1480. The molecule has 8 nitrogen and oxygen atoms in total. The molecule has 42 heavy (non-hydrogen) atoms. The van der Waals surface area contributed by atoms with E-state index in [9.17, 15) is 24.6 Å². The van der Waals surface area contributed by atoms with Crippen LogP contribution in [0.5, 0.6) is 5.75 Å². The summed E-state index contributed by atoms with van der Waals surface area (Å²) in [7, 11) is 0. The quantitative estimate of drug-likeness (QED) is 0.286. The van der Waals surface area contributed by atoms with Crippen molar-refractivity contribution in [2.24, 2.45) is 0 Å². The molecule has 0 spiro atoms. The largest absolute Gasteiger partial charge is 0.508 e. The third kappa shape index (κ3) is 7.09. The van der Waals surface area contributed by atoms with Gasteiger partial charge in [0.05, 0.1) is 11.9 Å². The molecule has 10 heteroatoms. The van der Waals surface area contributed by atoms with Gasteiger partial charge in [-0.2, -0.15) is 0 Å². The smallest absolute Gasteiger partial charge is 0.254 e. The molecule has 3 aromatic carbocycles. The molecule has 3 aromatic rings. The second kappa shape index (κ2) is 13.2. The summed E-state index contributed by atoms with van der Waals surface area (Å²) in [6.45, 7) is 7.68. The summed E-state index contributed by atoms with van der Waals surface area (Å²) >= 11 is 7.63. The Morgan fingerprint density at radius 3 is 2.50 bits per heavy atom. The minimum atomic E-state index is -1.66. The molecule has 1 fully saturated rings. The zero-order valence-corrected chi connectivity index (χ0v) is 25.6. The van der Waals surface area contributed by atoms with E-state index in [1.165, 1.54) is 22.7 Å². The van der Waals surface area contributed by atoms with Gasteiger partial charge < -0.3 is 25.7 Å². The van der Waals surface area contributed by atoms with Crippen LogP contribution in [0.15, 0.2) is 66.7 Å². The number of aromatic hydroxyl groups is 1. The Hall–Kier alpha value is -3.53. The zero-order valence-electron chi connectivity index (χ0n) is 24.1. The Morgan fingerprint density at radius 2 is 1.79 bits per heavy atom. The number of thioether (sulfide) groups is 1. The summed E-state index contributed by atoms with van der Waals surface area (Å²) in [6, 6.07) is 17.4. The standard InChI is InChI=1S/C32H36ClN3O5S/c1-19-9-5-6-11-22(19)17-34-30(40)28-32(3,4)42-18-36(28)31(41)27(38)25(16-21-10-7-12-23(33)15-21)35-29(39)24-13-8-14-26(37)20(24)2/h5-15,25,27-28,37-38H,16-18H2,1-4H3,(H,34,40)(H,35,39)/t25-,27-,28+/m0/s1. The van der Waals surface area contributed by atoms with Gasteiger partial charge in [-0.1, -0.05) is 54.1 Å². The van der Waals surface area contributed by atoms with Crippen molar-refractivity contribution in [1.82, 2.24) is 15.5 Å². The normalized spacial score (nSPS) is 17.4. The second-order valence-electron chi connectivity index (χ2n) is 11.0. The van der Waals surface area contributed by atoms with E-state index in [0.717, 1.165) is 11.1 Å². The van der Waals surface area contributed by atoms with Crippen molar-refractivity contribution >= 4 is 41.1 Å².